The highest BCUT2D eigenvalue weighted by molar-refractivity contribution is 5.90. The lowest BCUT2D eigenvalue weighted by atomic mass is 10.2. The zero-order chi connectivity index (χ0) is 17.9. The normalized spacial score (nSPS) is 11.0. The van der Waals surface area contributed by atoms with Crippen LogP contribution in [0.1, 0.15) is 12.5 Å². The highest BCUT2D eigenvalue weighted by Gasteiger charge is 2.17. The van der Waals surface area contributed by atoms with Crippen molar-refractivity contribution in [3.63, 3.8) is 0 Å². The molecule has 0 saturated heterocycles. The van der Waals surface area contributed by atoms with Gasteiger partial charge in [0.15, 0.2) is 0 Å². The van der Waals surface area contributed by atoms with E-state index in [4.69, 9.17) is 9.84 Å². The van der Waals surface area contributed by atoms with E-state index in [2.05, 4.69) is 16.0 Å². The highest BCUT2D eigenvalue weighted by atomic mass is 16.5. The number of rotatable bonds is 8. The zero-order valence-corrected chi connectivity index (χ0v) is 13.1. The minimum Gasteiger partial charge on any atom is -0.480 e. The molecule has 130 valence electrons. The number of alkyl carbamates (subject to hydrolysis) is 1. The Morgan fingerprint density at radius 2 is 1.75 bits per heavy atom. The Morgan fingerprint density at radius 1 is 1.08 bits per heavy atom. The molecule has 9 nitrogen and oxygen atoms in total. The Bertz CT molecular complexity index is 590. The predicted molar refractivity (Wildman–Crippen MR) is 82.9 cm³/mol. The Morgan fingerprint density at radius 3 is 2.38 bits per heavy atom. The molecule has 0 spiro atoms. The number of aliphatic carboxylic acids is 1. The van der Waals surface area contributed by atoms with E-state index in [1.54, 1.807) is 12.1 Å². The molecule has 1 aromatic carbocycles. The smallest absolute Gasteiger partial charge is 0.408 e. The summed E-state index contributed by atoms with van der Waals surface area (Å²) < 4.78 is 4.96. The fourth-order valence-electron chi connectivity index (χ4n) is 1.56. The topological polar surface area (TPSA) is 134 Å². The predicted octanol–water partition coefficient (Wildman–Crippen LogP) is -0.382. The molecule has 3 amide bonds. The molecule has 9 heteroatoms. The molecule has 1 atom stereocenters. The maximum absolute atomic E-state index is 11.7. The first-order chi connectivity index (χ1) is 11.4. The zero-order valence-electron chi connectivity index (χ0n) is 13.1. The molecule has 0 fully saturated rings. The molecule has 1 unspecified atom stereocenters. The Kier molecular flexibility index (Phi) is 7.76. The van der Waals surface area contributed by atoms with Crippen LogP contribution in [0.5, 0.6) is 0 Å². The molecule has 0 radical (unpaired) electrons. The average molecular weight is 337 g/mol. The van der Waals surface area contributed by atoms with Gasteiger partial charge in [-0.15, -0.1) is 0 Å². The number of hydrogen-bond acceptors (Lipinski definition) is 5. The van der Waals surface area contributed by atoms with Crippen molar-refractivity contribution >= 4 is 23.9 Å². The number of carbonyl (C=O) groups excluding carboxylic acids is 3. The lowest BCUT2D eigenvalue weighted by Gasteiger charge is -2.14. The molecule has 0 bridgehead atoms. The van der Waals surface area contributed by atoms with Gasteiger partial charge in [0.05, 0.1) is 6.54 Å². The summed E-state index contributed by atoms with van der Waals surface area (Å²) >= 11 is 0. The molecule has 0 saturated carbocycles. The van der Waals surface area contributed by atoms with Gasteiger partial charge >= 0.3 is 12.1 Å². The molecule has 1 aromatic rings. The van der Waals surface area contributed by atoms with Crippen molar-refractivity contribution in [2.24, 2.45) is 0 Å². The summed E-state index contributed by atoms with van der Waals surface area (Å²) in [7, 11) is 0. The second kappa shape index (κ2) is 9.82. The number of carbonyl (C=O) groups is 4. The van der Waals surface area contributed by atoms with Crippen LogP contribution in [0.3, 0.4) is 0 Å². The first-order valence-electron chi connectivity index (χ1n) is 7.12. The van der Waals surface area contributed by atoms with Gasteiger partial charge in [-0.1, -0.05) is 30.3 Å². The van der Waals surface area contributed by atoms with Gasteiger partial charge in [-0.25, -0.2) is 4.79 Å². The van der Waals surface area contributed by atoms with Crippen LogP contribution in [-0.2, 0) is 25.7 Å². The Hall–Kier alpha value is -3.10. The van der Waals surface area contributed by atoms with Gasteiger partial charge < -0.3 is 25.8 Å². The third-order valence-corrected chi connectivity index (χ3v) is 2.80. The quantitative estimate of drug-likeness (QED) is 0.511. The second-order valence-electron chi connectivity index (χ2n) is 4.82. The van der Waals surface area contributed by atoms with Gasteiger partial charge in [0.2, 0.25) is 11.8 Å². The Balaban J connectivity index is 2.26. The van der Waals surface area contributed by atoms with Gasteiger partial charge in [0, 0.05) is 0 Å². The third kappa shape index (κ3) is 7.78. The van der Waals surface area contributed by atoms with E-state index in [1.165, 1.54) is 6.92 Å². The molecular weight excluding hydrogens is 318 g/mol. The van der Waals surface area contributed by atoms with Gasteiger partial charge in [0.25, 0.3) is 0 Å². The van der Waals surface area contributed by atoms with Crippen molar-refractivity contribution in [3.05, 3.63) is 35.9 Å². The monoisotopic (exact) mass is 337 g/mol. The van der Waals surface area contributed by atoms with E-state index in [9.17, 15) is 19.2 Å². The van der Waals surface area contributed by atoms with Crippen LogP contribution in [0, 0.1) is 0 Å². The molecule has 1 rings (SSSR count). The van der Waals surface area contributed by atoms with Crippen LogP contribution < -0.4 is 16.0 Å². The van der Waals surface area contributed by atoms with Crippen LogP contribution in [0.2, 0.25) is 0 Å². The summed E-state index contributed by atoms with van der Waals surface area (Å²) in [5.41, 5.74) is 0.805. The van der Waals surface area contributed by atoms with Crippen molar-refractivity contribution in [2.75, 3.05) is 13.1 Å². The van der Waals surface area contributed by atoms with Gasteiger partial charge in [-0.2, -0.15) is 0 Å². The van der Waals surface area contributed by atoms with Crippen molar-refractivity contribution < 1.29 is 29.0 Å². The third-order valence-electron chi connectivity index (χ3n) is 2.80. The Labute approximate surface area is 138 Å². The summed E-state index contributed by atoms with van der Waals surface area (Å²) in [6, 6.07) is 8.12. The van der Waals surface area contributed by atoms with Gasteiger partial charge in [-0.3, -0.25) is 14.4 Å². The van der Waals surface area contributed by atoms with Crippen LogP contribution in [0.4, 0.5) is 4.79 Å². The fourth-order valence-corrected chi connectivity index (χ4v) is 1.56. The fraction of sp³-hybridized carbons (Fsp3) is 0.333. The standard InChI is InChI=1S/C15H19N3O6/c1-10(14(22)17-7-12(19)16-8-13(20)21)18-15(23)24-9-11-5-3-2-4-6-11/h2-6,10H,7-9H2,1H3,(H,16,19)(H,17,22)(H,18,23)(H,20,21). The average Bonchev–Trinajstić information content (AvgIpc) is 2.56. The number of hydrogen-bond donors (Lipinski definition) is 4. The number of carboxylic acids is 1. The molecule has 0 aliphatic carbocycles. The van der Waals surface area contributed by atoms with Crippen LogP contribution in [0.15, 0.2) is 30.3 Å². The summed E-state index contributed by atoms with van der Waals surface area (Å²) in [6.07, 6.45) is -0.767. The van der Waals surface area contributed by atoms with E-state index in [0.29, 0.717) is 0 Å². The molecule has 24 heavy (non-hydrogen) atoms. The second-order valence-corrected chi connectivity index (χ2v) is 4.82. The van der Waals surface area contributed by atoms with Gasteiger partial charge in [-0.05, 0) is 12.5 Å². The number of amides is 3. The van der Waals surface area contributed by atoms with Crippen molar-refractivity contribution in [2.45, 2.75) is 19.6 Å². The van der Waals surface area contributed by atoms with Gasteiger partial charge in [0.1, 0.15) is 19.2 Å². The maximum Gasteiger partial charge on any atom is 0.408 e. The number of nitrogens with one attached hydrogen (secondary N) is 3. The van der Waals surface area contributed by atoms with Crippen LogP contribution in [0.25, 0.3) is 0 Å². The highest BCUT2D eigenvalue weighted by Crippen LogP contribution is 2.00. The maximum atomic E-state index is 11.7. The van der Waals surface area contributed by atoms with E-state index in [0.717, 1.165) is 5.56 Å². The SMILES string of the molecule is CC(NC(=O)OCc1ccccc1)C(=O)NCC(=O)NCC(=O)O. The van der Waals surface area contributed by atoms with Crippen molar-refractivity contribution in [3.8, 4) is 0 Å². The molecule has 0 aliphatic heterocycles. The van der Waals surface area contributed by atoms with E-state index in [-0.39, 0.29) is 6.61 Å². The summed E-state index contributed by atoms with van der Waals surface area (Å²) in [5.74, 6) is -2.44. The molecule has 4 N–H and O–H groups in total. The molecular formula is C15H19N3O6. The van der Waals surface area contributed by atoms with Crippen molar-refractivity contribution in [1.29, 1.82) is 0 Å². The van der Waals surface area contributed by atoms with Crippen LogP contribution >= 0.6 is 0 Å². The summed E-state index contributed by atoms with van der Waals surface area (Å²) in [6.45, 7) is 0.568. The summed E-state index contributed by atoms with van der Waals surface area (Å²) in [4.78, 5) is 44.8. The molecule has 0 aliphatic rings. The first-order valence-corrected chi connectivity index (χ1v) is 7.12. The largest absolute Gasteiger partial charge is 0.480 e. The lowest BCUT2D eigenvalue weighted by molar-refractivity contribution is -0.137. The first kappa shape index (κ1) is 18.9. The number of benzene rings is 1. The number of ether oxygens (including phenoxy) is 1. The van der Waals surface area contributed by atoms with E-state index in [1.807, 2.05) is 18.2 Å². The number of carboxylic acid groups (broad SMARTS) is 1. The van der Waals surface area contributed by atoms with E-state index >= 15 is 0 Å². The van der Waals surface area contributed by atoms with Crippen molar-refractivity contribution in [1.82, 2.24) is 16.0 Å². The molecule has 0 aromatic heterocycles. The minimum atomic E-state index is -1.19. The van der Waals surface area contributed by atoms with Crippen LogP contribution in [-0.4, -0.2) is 48.1 Å². The lowest BCUT2D eigenvalue weighted by Crippen LogP contribution is -2.48. The molecule has 0 heterocycles. The van der Waals surface area contributed by atoms with E-state index < -0.39 is 43.0 Å². The summed E-state index contributed by atoms with van der Waals surface area (Å²) in [5, 5.41) is 15.1. The minimum absolute atomic E-state index is 0.0681.